The second-order valence-electron chi connectivity index (χ2n) is 8.37. The van der Waals surface area contributed by atoms with Crippen LogP contribution < -0.4 is 5.32 Å². The van der Waals surface area contributed by atoms with Crippen molar-refractivity contribution in [2.24, 2.45) is 5.41 Å². The van der Waals surface area contributed by atoms with Crippen molar-refractivity contribution in [1.29, 1.82) is 0 Å². The minimum absolute atomic E-state index is 0.102. The van der Waals surface area contributed by atoms with Gasteiger partial charge in [-0.05, 0) is 74.6 Å². The van der Waals surface area contributed by atoms with Crippen molar-refractivity contribution >= 4 is 16.8 Å². The molecular weight excluding hydrogens is 366 g/mol. The molecule has 3 N–H and O–H groups in total. The van der Waals surface area contributed by atoms with E-state index in [9.17, 15) is 9.90 Å². The molecule has 2 aliphatic rings. The number of likely N-dealkylation sites (tertiary alicyclic amines) is 1. The van der Waals surface area contributed by atoms with E-state index in [1.54, 1.807) is 30.5 Å². The summed E-state index contributed by atoms with van der Waals surface area (Å²) in [7, 11) is 0. The number of carbonyl (C=O) groups excluding carboxylic acids is 1. The maximum atomic E-state index is 13.3. The van der Waals surface area contributed by atoms with E-state index in [-0.39, 0.29) is 11.5 Å². The fraction of sp³-hybridized carbons (Fsp3) is 0.409. The summed E-state index contributed by atoms with van der Waals surface area (Å²) in [6, 6.07) is 8.70. The highest BCUT2D eigenvalue weighted by Gasteiger charge is 2.39. The third-order valence-corrected chi connectivity index (χ3v) is 6.43. The van der Waals surface area contributed by atoms with Gasteiger partial charge in [0.2, 0.25) is 0 Å². The number of piperidine rings is 1. The van der Waals surface area contributed by atoms with Gasteiger partial charge >= 0.3 is 0 Å². The summed E-state index contributed by atoms with van der Waals surface area (Å²) in [4.78, 5) is 20.2. The van der Waals surface area contributed by atoms with Gasteiger partial charge in [0.05, 0.1) is 18.4 Å². The van der Waals surface area contributed by atoms with Crippen LogP contribution in [0.1, 0.15) is 29.6 Å². The van der Waals surface area contributed by atoms with Crippen molar-refractivity contribution in [2.45, 2.75) is 19.3 Å². The molecule has 0 saturated carbocycles. The zero-order valence-corrected chi connectivity index (χ0v) is 16.3. The van der Waals surface area contributed by atoms with Gasteiger partial charge in [0.15, 0.2) is 11.4 Å². The van der Waals surface area contributed by atoms with E-state index in [1.165, 1.54) is 19.3 Å². The summed E-state index contributed by atoms with van der Waals surface area (Å²) in [6.45, 7) is 4.57. The average molecular weight is 391 g/mol. The molecule has 150 valence electrons. The number of pyridine rings is 1. The molecule has 0 aliphatic carbocycles. The van der Waals surface area contributed by atoms with Crippen molar-refractivity contribution < 1.29 is 9.90 Å². The first-order valence-electron chi connectivity index (χ1n) is 10.2. The molecule has 2 aromatic heterocycles. The number of H-pyrrole nitrogens is 1. The number of aromatic amines is 1. The number of nitrogens with one attached hydrogen (secondary N) is 2. The highest BCUT2D eigenvalue weighted by Crippen LogP contribution is 2.38. The van der Waals surface area contributed by atoms with Crippen LogP contribution >= 0.6 is 0 Å². The molecule has 2 fully saturated rings. The second kappa shape index (κ2) is 7.24. The maximum Gasteiger partial charge on any atom is 0.177 e. The number of aromatic nitrogens is 3. The molecule has 7 heteroatoms. The van der Waals surface area contributed by atoms with Crippen LogP contribution in [0.25, 0.3) is 22.3 Å². The fourth-order valence-corrected chi connectivity index (χ4v) is 4.76. The van der Waals surface area contributed by atoms with Crippen LogP contribution in [-0.2, 0) is 0 Å². The zero-order valence-electron chi connectivity index (χ0n) is 16.3. The van der Waals surface area contributed by atoms with Crippen molar-refractivity contribution in [1.82, 2.24) is 25.4 Å². The molecule has 0 bridgehead atoms. The first-order valence-corrected chi connectivity index (χ1v) is 10.2. The molecule has 0 amide bonds. The van der Waals surface area contributed by atoms with E-state index in [4.69, 9.17) is 0 Å². The molecule has 2 saturated heterocycles. The first kappa shape index (κ1) is 18.3. The second-order valence-corrected chi connectivity index (χ2v) is 8.37. The first-order chi connectivity index (χ1) is 14.1. The summed E-state index contributed by atoms with van der Waals surface area (Å²) >= 11 is 0. The molecule has 4 heterocycles. The number of ketones is 1. The standard InChI is InChI=1S/C22H25N5O2/c28-16-3-1-15(2-4-16)19-11-17(18-12-24-26-21(18)25-19)20(29)13-27-10-7-22(14-27)5-8-23-9-6-22/h1-4,11-12,23,28H,5-10,13-14H2,(H,24,25,26). The van der Waals surface area contributed by atoms with Crippen molar-refractivity contribution in [2.75, 3.05) is 32.7 Å². The number of rotatable bonds is 4. The van der Waals surface area contributed by atoms with E-state index >= 15 is 0 Å². The Labute approximate surface area is 169 Å². The van der Waals surface area contributed by atoms with Gasteiger partial charge in [-0.25, -0.2) is 4.98 Å². The highest BCUT2D eigenvalue weighted by molar-refractivity contribution is 6.08. The molecule has 0 unspecified atom stereocenters. The highest BCUT2D eigenvalue weighted by atomic mass is 16.3. The molecule has 3 aromatic rings. The lowest BCUT2D eigenvalue weighted by atomic mass is 9.78. The van der Waals surface area contributed by atoms with Gasteiger partial charge in [-0.2, -0.15) is 5.10 Å². The minimum atomic E-state index is 0.102. The third kappa shape index (κ3) is 3.52. The number of fused-ring (bicyclic) bond motifs is 1. The Balaban J connectivity index is 1.41. The predicted molar refractivity (Wildman–Crippen MR) is 111 cm³/mol. The number of Topliss-reactive ketones (excluding diaryl/α,β-unsaturated/α-hetero) is 1. The number of hydrogen-bond donors (Lipinski definition) is 3. The zero-order chi connectivity index (χ0) is 19.8. The molecule has 29 heavy (non-hydrogen) atoms. The Kier molecular flexibility index (Phi) is 4.56. The Morgan fingerprint density at radius 1 is 1.17 bits per heavy atom. The van der Waals surface area contributed by atoms with Crippen LogP contribution in [0.4, 0.5) is 0 Å². The van der Waals surface area contributed by atoms with Gasteiger partial charge in [-0.15, -0.1) is 0 Å². The molecule has 2 aliphatic heterocycles. The van der Waals surface area contributed by atoms with Gasteiger partial charge in [0.25, 0.3) is 0 Å². The van der Waals surface area contributed by atoms with Crippen LogP contribution in [0.3, 0.4) is 0 Å². The lowest BCUT2D eigenvalue weighted by molar-refractivity contribution is 0.0934. The normalized spacial score (nSPS) is 19.2. The van der Waals surface area contributed by atoms with Crippen molar-refractivity contribution in [3.8, 4) is 17.0 Å². The monoisotopic (exact) mass is 391 g/mol. The number of carbonyl (C=O) groups is 1. The van der Waals surface area contributed by atoms with E-state index in [1.807, 2.05) is 6.07 Å². The molecular formula is C22H25N5O2. The fourth-order valence-electron chi connectivity index (χ4n) is 4.76. The van der Waals surface area contributed by atoms with E-state index in [0.29, 0.717) is 28.9 Å². The lowest BCUT2D eigenvalue weighted by Crippen LogP contribution is -2.39. The van der Waals surface area contributed by atoms with E-state index in [2.05, 4.69) is 25.4 Å². The predicted octanol–water partition coefficient (Wildman–Crippen LogP) is 2.59. The van der Waals surface area contributed by atoms with Gasteiger partial charge < -0.3 is 10.4 Å². The molecule has 5 rings (SSSR count). The molecule has 0 radical (unpaired) electrons. The average Bonchev–Trinajstić information content (AvgIpc) is 3.35. The number of phenolic OH excluding ortho intramolecular Hbond substituents is 1. The Hall–Kier alpha value is -2.77. The smallest absolute Gasteiger partial charge is 0.177 e. The number of nitrogens with zero attached hydrogens (tertiary/aromatic N) is 3. The summed E-state index contributed by atoms with van der Waals surface area (Å²) < 4.78 is 0. The van der Waals surface area contributed by atoms with E-state index in [0.717, 1.165) is 37.1 Å². The molecule has 7 nitrogen and oxygen atoms in total. The maximum absolute atomic E-state index is 13.3. The van der Waals surface area contributed by atoms with Crippen LogP contribution in [0.5, 0.6) is 5.75 Å². The molecule has 1 aromatic carbocycles. The molecule has 0 atom stereocenters. The van der Waals surface area contributed by atoms with Crippen LogP contribution in [0, 0.1) is 5.41 Å². The quantitative estimate of drug-likeness (QED) is 0.592. The van der Waals surface area contributed by atoms with Crippen LogP contribution in [-0.4, -0.2) is 63.7 Å². The Morgan fingerprint density at radius 2 is 1.97 bits per heavy atom. The Morgan fingerprint density at radius 3 is 2.76 bits per heavy atom. The molecule has 1 spiro atoms. The van der Waals surface area contributed by atoms with Crippen molar-refractivity contribution in [3.63, 3.8) is 0 Å². The van der Waals surface area contributed by atoms with Crippen molar-refractivity contribution in [3.05, 3.63) is 42.1 Å². The third-order valence-electron chi connectivity index (χ3n) is 6.43. The number of aromatic hydroxyl groups is 1. The number of hydrogen-bond acceptors (Lipinski definition) is 6. The minimum Gasteiger partial charge on any atom is -0.508 e. The van der Waals surface area contributed by atoms with E-state index < -0.39 is 0 Å². The van der Waals surface area contributed by atoms with Crippen LogP contribution in [0.15, 0.2) is 36.5 Å². The topological polar surface area (TPSA) is 94.1 Å². The summed E-state index contributed by atoms with van der Waals surface area (Å²) in [5.41, 5.74) is 3.18. The number of phenols is 1. The summed E-state index contributed by atoms with van der Waals surface area (Å²) in [6.07, 6.45) is 5.25. The summed E-state index contributed by atoms with van der Waals surface area (Å²) in [5, 5.41) is 20.7. The van der Waals surface area contributed by atoms with Gasteiger partial charge in [-0.1, -0.05) is 0 Å². The Bertz CT molecular complexity index is 1040. The SMILES string of the molecule is O=C(CN1CCC2(CCNCC2)C1)c1cc(-c2ccc(O)cc2)nc2[nH]ncc12. The van der Waals surface area contributed by atoms with Gasteiger partial charge in [0.1, 0.15) is 5.75 Å². The number of benzene rings is 1. The van der Waals surface area contributed by atoms with Crippen LogP contribution in [0.2, 0.25) is 0 Å². The largest absolute Gasteiger partial charge is 0.508 e. The lowest BCUT2D eigenvalue weighted by Gasteiger charge is -2.33. The van der Waals surface area contributed by atoms with Gasteiger partial charge in [0, 0.05) is 23.1 Å². The summed E-state index contributed by atoms with van der Waals surface area (Å²) in [5.74, 6) is 0.304. The van der Waals surface area contributed by atoms with Gasteiger partial charge in [-0.3, -0.25) is 14.8 Å².